The maximum Gasteiger partial charge on any atom is 0.472 e. The van der Waals surface area contributed by atoms with Gasteiger partial charge in [-0.3, -0.25) is 37.3 Å². The Morgan fingerprint density at radius 1 is 0.287 bits per heavy atom. The van der Waals surface area contributed by atoms with Crippen LogP contribution in [0.3, 0.4) is 0 Å². The molecule has 0 spiro atoms. The van der Waals surface area contributed by atoms with E-state index in [1.165, 1.54) is 244 Å². The molecule has 600 valence electrons. The van der Waals surface area contributed by atoms with Crippen LogP contribution in [0.15, 0.2) is 0 Å². The first-order valence-corrected chi connectivity index (χ1v) is 45.5. The van der Waals surface area contributed by atoms with Crippen molar-refractivity contribution < 1.29 is 80.2 Å². The minimum atomic E-state index is -4.96. The Labute approximate surface area is 619 Å². The maximum absolute atomic E-state index is 13.1. The lowest BCUT2D eigenvalue weighted by atomic mass is 9.99. The highest BCUT2D eigenvalue weighted by molar-refractivity contribution is 7.47. The highest BCUT2D eigenvalue weighted by Gasteiger charge is 2.30. The molecule has 19 heteroatoms. The zero-order valence-electron chi connectivity index (χ0n) is 66.2. The van der Waals surface area contributed by atoms with E-state index < -0.39 is 97.5 Å². The van der Waals surface area contributed by atoms with Gasteiger partial charge in [0.1, 0.15) is 19.3 Å². The van der Waals surface area contributed by atoms with E-state index >= 15 is 0 Å². The molecule has 0 rings (SSSR count). The Bertz CT molecular complexity index is 1940. The highest BCUT2D eigenvalue weighted by atomic mass is 31.2. The predicted octanol–water partition coefficient (Wildman–Crippen LogP) is 24.7. The summed E-state index contributed by atoms with van der Waals surface area (Å²) in [4.78, 5) is 72.9. The summed E-state index contributed by atoms with van der Waals surface area (Å²) in [5.41, 5.74) is 0. The average Bonchev–Trinajstić information content (AvgIpc) is 1.01. The molecule has 0 aromatic heterocycles. The van der Waals surface area contributed by atoms with Gasteiger partial charge in [0.05, 0.1) is 26.4 Å². The number of aliphatic hydroxyl groups excluding tert-OH is 1. The molecule has 0 bridgehead atoms. The Morgan fingerprint density at radius 3 is 0.752 bits per heavy atom. The minimum absolute atomic E-state index is 0.106. The molecule has 3 unspecified atom stereocenters. The molecule has 0 aromatic rings. The van der Waals surface area contributed by atoms with Crippen molar-refractivity contribution in [3.8, 4) is 0 Å². The minimum Gasteiger partial charge on any atom is -0.462 e. The second-order valence-corrected chi connectivity index (χ2v) is 33.1. The average molecular weight is 1480 g/mol. The lowest BCUT2D eigenvalue weighted by Crippen LogP contribution is -2.30. The topological polar surface area (TPSA) is 237 Å². The van der Waals surface area contributed by atoms with Crippen molar-refractivity contribution in [3.05, 3.63) is 0 Å². The van der Waals surface area contributed by atoms with Crippen molar-refractivity contribution >= 4 is 39.5 Å². The zero-order valence-corrected chi connectivity index (χ0v) is 68.0. The molecule has 0 heterocycles. The Morgan fingerprint density at radius 2 is 0.505 bits per heavy atom. The van der Waals surface area contributed by atoms with Crippen LogP contribution in [0.25, 0.3) is 0 Å². The van der Waals surface area contributed by atoms with E-state index in [2.05, 4.69) is 41.5 Å². The third-order valence-electron chi connectivity index (χ3n) is 19.6. The number of phosphoric acid groups is 2. The number of carbonyl (C=O) groups excluding carboxylic acids is 4. The molecule has 0 saturated carbocycles. The van der Waals surface area contributed by atoms with Crippen molar-refractivity contribution in [2.45, 2.75) is 452 Å². The quantitative estimate of drug-likeness (QED) is 0.0222. The van der Waals surface area contributed by atoms with Crippen molar-refractivity contribution in [3.63, 3.8) is 0 Å². The van der Waals surface area contributed by atoms with Crippen molar-refractivity contribution in [1.29, 1.82) is 0 Å². The molecule has 0 aliphatic heterocycles. The molecule has 0 saturated heterocycles. The van der Waals surface area contributed by atoms with Crippen LogP contribution >= 0.6 is 15.6 Å². The first-order chi connectivity index (χ1) is 48.9. The zero-order chi connectivity index (χ0) is 74.2. The fraction of sp³-hybridized carbons (Fsp3) is 0.951. The van der Waals surface area contributed by atoms with Crippen LogP contribution in [0, 0.1) is 11.8 Å². The third-order valence-corrected chi connectivity index (χ3v) is 21.5. The highest BCUT2D eigenvalue weighted by Crippen LogP contribution is 2.45. The lowest BCUT2D eigenvalue weighted by Gasteiger charge is -2.21. The van der Waals surface area contributed by atoms with Gasteiger partial charge in [0.25, 0.3) is 0 Å². The maximum atomic E-state index is 13.1. The monoisotopic (exact) mass is 1480 g/mol. The fourth-order valence-electron chi connectivity index (χ4n) is 12.7. The summed E-state index contributed by atoms with van der Waals surface area (Å²) < 4.78 is 68.6. The Balaban J connectivity index is 5.18. The Hall–Kier alpha value is -1.94. The summed E-state index contributed by atoms with van der Waals surface area (Å²) >= 11 is 0. The fourth-order valence-corrected chi connectivity index (χ4v) is 14.3. The summed E-state index contributed by atoms with van der Waals surface area (Å²) in [5.74, 6) is -0.487. The van der Waals surface area contributed by atoms with E-state index in [9.17, 15) is 43.2 Å². The number of rotatable bonds is 81. The lowest BCUT2D eigenvalue weighted by molar-refractivity contribution is -0.161. The summed E-state index contributed by atoms with van der Waals surface area (Å²) in [6.07, 6.45) is 64.0. The molecule has 0 radical (unpaired) electrons. The number of phosphoric ester groups is 2. The number of esters is 4. The molecule has 0 aliphatic rings. The van der Waals surface area contributed by atoms with Crippen LogP contribution in [0.4, 0.5) is 0 Å². The van der Waals surface area contributed by atoms with Gasteiger partial charge in [-0.05, 0) is 37.5 Å². The van der Waals surface area contributed by atoms with Crippen molar-refractivity contribution in [1.82, 2.24) is 0 Å². The normalized spacial score (nSPS) is 14.2. The molecule has 0 fully saturated rings. The third kappa shape index (κ3) is 74.7. The van der Waals surface area contributed by atoms with E-state index in [4.69, 9.17) is 37.0 Å². The van der Waals surface area contributed by atoms with Gasteiger partial charge in [0.15, 0.2) is 12.2 Å². The summed E-state index contributed by atoms with van der Waals surface area (Å²) in [7, 11) is -9.92. The smallest absolute Gasteiger partial charge is 0.462 e. The molecule has 3 N–H and O–H groups in total. The van der Waals surface area contributed by atoms with E-state index in [1.807, 2.05) is 0 Å². The number of unbranched alkanes of at least 4 members (excludes halogenated alkanes) is 50. The molecule has 0 aliphatic carbocycles. The Kier molecular flexibility index (Phi) is 72.2. The van der Waals surface area contributed by atoms with E-state index in [0.29, 0.717) is 25.7 Å². The summed E-state index contributed by atoms with van der Waals surface area (Å²) in [6.45, 7) is 9.67. The largest absolute Gasteiger partial charge is 0.472 e. The molecule has 0 aromatic carbocycles. The number of carbonyl (C=O) groups is 4. The van der Waals surface area contributed by atoms with E-state index in [-0.39, 0.29) is 25.7 Å². The van der Waals surface area contributed by atoms with Crippen LogP contribution in [0.2, 0.25) is 0 Å². The molecular formula is C82H160O17P2. The number of hydrogen-bond donors (Lipinski definition) is 3. The number of aliphatic hydroxyl groups is 1. The first kappa shape index (κ1) is 99.1. The standard InChI is InChI=1S/C82H160O17P2/c1-7-10-12-14-16-18-19-20-21-22-26-29-32-35-41-47-53-59-65-80(85)93-71-78(99-81(86)66-60-54-48-42-36-33-30-27-24-23-25-28-31-34-40-45-51-57-63-75(6)9-3)73-97-101(90,91)95-69-76(83)68-94-100(88,89)96-72-77(70-92-79(84)64-58-52-46-17-15-13-11-8-2)98-82(87)67-61-55-49-43-38-37-39-44-50-56-62-74(4)5/h74-78,83H,7-73H2,1-6H3,(H,88,89)(H,90,91)/t75?,76-,77+,78+/m0/s1. The predicted molar refractivity (Wildman–Crippen MR) is 414 cm³/mol. The van der Waals surface area contributed by atoms with Gasteiger partial charge in [-0.25, -0.2) is 9.13 Å². The SMILES string of the molecule is CCCCCCCCCCCCCCCCCCCCC(=O)OC[C@H](COP(=O)(O)OC[C@@H](O)COP(=O)(O)OC[C@@H](COC(=O)CCCCCCCCCC)OC(=O)CCCCCCCCCCCCC(C)C)OC(=O)CCCCCCCCCCCCCCCCCCCCC(C)CC. The van der Waals surface area contributed by atoms with Gasteiger partial charge in [0, 0.05) is 25.7 Å². The molecule has 0 amide bonds. The number of ether oxygens (including phenoxy) is 4. The summed E-state index contributed by atoms with van der Waals surface area (Å²) in [5, 5.41) is 10.6. The van der Waals surface area contributed by atoms with Gasteiger partial charge < -0.3 is 33.8 Å². The van der Waals surface area contributed by atoms with Gasteiger partial charge >= 0.3 is 39.5 Å². The van der Waals surface area contributed by atoms with Gasteiger partial charge in [-0.2, -0.15) is 0 Å². The molecule has 6 atom stereocenters. The van der Waals surface area contributed by atoms with Crippen LogP contribution in [-0.2, 0) is 65.4 Å². The van der Waals surface area contributed by atoms with Gasteiger partial charge in [-0.1, -0.05) is 382 Å². The van der Waals surface area contributed by atoms with Crippen LogP contribution in [0.1, 0.15) is 433 Å². The van der Waals surface area contributed by atoms with Crippen LogP contribution < -0.4 is 0 Å². The first-order valence-electron chi connectivity index (χ1n) is 42.5. The molecule has 17 nitrogen and oxygen atoms in total. The van der Waals surface area contributed by atoms with Crippen LogP contribution in [-0.4, -0.2) is 96.7 Å². The van der Waals surface area contributed by atoms with E-state index in [1.54, 1.807) is 0 Å². The molecule has 101 heavy (non-hydrogen) atoms. The number of hydrogen-bond acceptors (Lipinski definition) is 15. The summed E-state index contributed by atoms with van der Waals surface area (Å²) in [6, 6.07) is 0. The molecular weight excluding hydrogens is 1320 g/mol. The van der Waals surface area contributed by atoms with Crippen molar-refractivity contribution in [2.75, 3.05) is 39.6 Å². The van der Waals surface area contributed by atoms with Crippen LogP contribution in [0.5, 0.6) is 0 Å². The van der Waals surface area contributed by atoms with Gasteiger partial charge in [-0.15, -0.1) is 0 Å². The van der Waals surface area contributed by atoms with Gasteiger partial charge in [0.2, 0.25) is 0 Å². The second-order valence-electron chi connectivity index (χ2n) is 30.2. The van der Waals surface area contributed by atoms with E-state index in [0.717, 1.165) is 108 Å². The second kappa shape index (κ2) is 73.6. The van der Waals surface area contributed by atoms with Crippen molar-refractivity contribution in [2.24, 2.45) is 11.8 Å².